The zero-order valence-corrected chi connectivity index (χ0v) is 17.9. The molecule has 0 radical (unpaired) electrons. The molecule has 3 aromatic carbocycles. The van der Waals surface area contributed by atoms with E-state index in [0.29, 0.717) is 17.8 Å². The van der Waals surface area contributed by atoms with E-state index in [1.807, 2.05) is 66.9 Å². The molecular weight excluding hydrogens is 402 g/mol. The minimum atomic E-state index is 0.157. The van der Waals surface area contributed by atoms with Crippen LogP contribution < -0.4 is 0 Å². The fourth-order valence-corrected chi connectivity index (χ4v) is 4.37. The van der Waals surface area contributed by atoms with Crippen LogP contribution in [0.4, 0.5) is 0 Å². The summed E-state index contributed by atoms with van der Waals surface area (Å²) in [6.45, 7) is 2.07. The Bertz CT molecular complexity index is 1330. The fraction of sp³-hybridized carbons (Fsp3) is 0.0769. The maximum Gasteiger partial charge on any atom is 0.219 e. The third kappa shape index (κ3) is 4.05. The Morgan fingerprint density at radius 2 is 1.52 bits per heavy atom. The lowest BCUT2D eigenvalue weighted by Gasteiger charge is -2.08. The first-order chi connectivity index (χ1) is 15.2. The van der Waals surface area contributed by atoms with Gasteiger partial charge in [-0.15, -0.1) is 0 Å². The molecule has 0 bridgehead atoms. The summed E-state index contributed by atoms with van der Waals surface area (Å²) in [6, 6.07) is 28.4. The number of imidazole rings is 1. The molecule has 0 saturated carbocycles. The van der Waals surface area contributed by atoms with Gasteiger partial charge in [0.05, 0.1) is 5.69 Å². The minimum absolute atomic E-state index is 0.157. The lowest BCUT2D eigenvalue weighted by atomic mass is 10.1. The van der Waals surface area contributed by atoms with E-state index < -0.39 is 0 Å². The predicted molar refractivity (Wildman–Crippen MR) is 125 cm³/mol. The Kier molecular flexibility index (Phi) is 5.18. The molecule has 5 aromatic rings. The van der Waals surface area contributed by atoms with Crippen molar-refractivity contribution in [3.63, 3.8) is 0 Å². The van der Waals surface area contributed by atoms with E-state index in [1.54, 1.807) is 16.2 Å². The van der Waals surface area contributed by atoms with Crippen molar-refractivity contribution in [2.45, 2.75) is 23.3 Å². The van der Waals surface area contributed by atoms with Gasteiger partial charge in [0.25, 0.3) is 0 Å². The number of benzene rings is 3. The first-order valence-electron chi connectivity index (χ1n) is 10.1. The monoisotopic (exact) mass is 423 g/mol. The second-order valence-corrected chi connectivity index (χ2v) is 8.51. The first-order valence-corrected chi connectivity index (χ1v) is 10.9. The van der Waals surface area contributed by atoms with Gasteiger partial charge in [-0.25, -0.2) is 9.97 Å². The molecule has 5 heteroatoms. The van der Waals surface area contributed by atoms with Crippen LogP contribution in [-0.2, 0) is 6.42 Å². The predicted octanol–water partition coefficient (Wildman–Crippen LogP) is 6.15. The molecule has 1 N–H and O–H groups in total. The molecule has 0 aliphatic heterocycles. The summed E-state index contributed by atoms with van der Waals surface area (Å²) < 4.78 is 1.75. The van der Waals surface area contributed by atoms with Gasteiger partial charge in [0.2, 0.25) is 5.88 Å². The van der Waals surface area contributed by atoms with Gasteiger partial charge >= 0.3 is 0 Å². The molecule has 0 aliphatic rings. The molecule has 152 valence electrons. The number of aryl methyl sites for hydroxylation is 1. The topological polar surface area (TPSA) is 50.4 Å². The van der Waals surface area contributed by atoms with Crippen LogP contribution in [0.3, 0.4) is 0 Å². The van der Waals surface area contributed by atoms with E-state index in [1.165, 1.54) is 5.56 Å². The Morgan fingerprint density at radius 1 is 0.839 bits per heavy atom. The number of hydrogen-bond acceptors (Lipinski definition) is 4. The summed E-state index contributed by atoms with van der Waals surface area (Å²) in [5.74, 6) is 0.157. The van der Waals surface area contributed by atoms with Gasteiger partial charge in [-0.3, -0.25) is 4.40 Å². The lowest BCUT2D eigenvalue weighted by molar-refractivity contribution is 0.442. The maximum atomic E-state index is 11.0. The van der Waals surface area contributed by atoms with Crippen LogP contribution in [0.2, 0.25) is 0 Å². The van der Waals surface area contributed by atoms with Crippen molar-refractivity contribution < 1.29 is 5.11 Å². The summed E-state index contributed by atoms with van der Waals surface area (Å²) in [5, 5.41) is 11.8. The Morgan fingerprint density at radius 3 is 2.23 bits per heavy atom. The van der Waals surface area contributed by atoms with Gasteiger partial charge in [-0.05, 0) is 24.6 Å². The molecule has 0 aliphatic carbocycles. The van der Waals surface area contributed by atoms with Crippen LogP contribution in [0.25, 0.3) is 16.9 Å². The Balaban J connectivity index is 1.64. The molecule has 0 atom stereocenters. The Labute approximate surface area is 185 Å². The average Bonchev–Trinajstić information content (AvgIpc) is 3.12. The molecule has 2 heterocycles. The van der Waals surface area contributed by atoms with Crippen molar-refractivity contribution in [3.05, 3.63) is 108 Å². The van der Waals surface area contributed by atoms with Crippen LogP contribution in [0.1, 0.15) is 16.8 Å². The zero-order chi connectivity index (χ0) is 21.2. The van der Waals surface area contributed by atoms with Crippen molar-refractivity contribution in [2.24, 2.45) is 0 Å². The van der Waals surface area contributed by atoms with Crippen molar-refractivity contribution in [3.8, 4) is 17.1 Å². The number of hydrogen-bond donors (Lipinski definition) is 1. The van der Waals surface area contributed by atoms with Crippen molar-refractivity contribution in [1.29, 1.82) is 0 Å². The average molecular weight is 424 g/mol. The molecule has 0 spiro atoms. The number of fused-ring (bicyclic) bond motifs is 1. The molecule has 0 amide bonds. The van der Waals surface area contributed by atoms with Gasteiger partial charge in [0.15, 0.2) is 5.65 Å². The van der Waals surface area contributed by atoms with Gasteiger partial charge < -0.3 is 5.11 Å². The second kappa shape index (κ2) is 8.28. The summed E-state index contributed by atoms with van der Waals surface area (Å²) in [7, 11) is 0. The second-order valence-electron chi connectivity index (χ2n) is 7.45. The number of aromatic nitrogens is 3. The summed E-state index contributed by atoms with van der Waals surface area (Å²) in [6.07, 6.45) is 2.42. The molecule has 5 rings (SSSR count). The largest absolute Gasteiger partial charge is 0.493 e. The van der Waals surface area contributed by atoms with Crippen LogP contribution in [0.15, 0.2) is 101 Å². The maximum absolute atomic E-state index is 11.0. The first kappa shape index (κ1) is 19.4. The van der Waals surface area contributed by atoms with E-state index >= 15 is 0 Å². The smallest absolute Gasteiger partial charge is 0.219 e. The number of nitrogens with zero attached hydrogens (tertiary/aromatic N) is 3. The molecule has 0 saturated heterocycles. The van der Waals surface area contributed by atoms with Crippen molar-refractivity contribution >= 4 is 17.4 Å². The lowest BCUT2D eigenvalue weighted by Crippen LogP contribution is -1.95. The zero-order valence-electron chi connectivity index (χ0n) is 17.1. The number of rotatable bonds is 5. The van der Waals surface area contributed by atoms with E-state index in [2.05, 4.69) is 31.2 Å². The highest BCUT2D eigenvalue weighted by atomic mass is 32.2. The quantitative estimate of drug-likeness (QED) is 0.368. The molecule has 0 fully saturated rings. The van der Waals surface area contributed by atoms with Crippen LogP contribution in [-0.4, -0.2) is 19.5 Å². The van der Waals surface area contributed by atoms with Crippen LogP contribution in [0, 0.1) is 6.92 Å². The Hall–Kier alpha value is -3.57. The molecule has 0 unspecified atom stereocenters. The van der Waals surface area contributed by atoms with Crippen LogP contribution >= 0.6 is 11.8 Å². The highest BCUT2D eigenvalue weighted by Crippen LogP contribution is 2.34. The van der Waals surface area contributed by atoms with E-state index in [4.69, 9.17) is 9.97 Å². The number of aromatic hydroxyl groups is 1. The van der Waals surface area contributed by atoms with E-state index in [9.17, 15) is 5.11 Å². The molecule has 2 aromatic heterocycles. The van der Waals surface area contributed by atoms with Crippen LogP contribution in [0.5, 0.6) is 5.88 Å². The normalized spacial score (nSPS) is 11.1. The summed E-state index contributed by atoms with van der Waals surface area (Å²) in [5.41, 5.74) is 5.40. The van der Waals surface area contributed by atoms with Crippen molar-refractivity contribution in [2.75, 3.05) is 0 Å². The molecule has 31 heavy (non-hydrogen) atoms. The van der Waals surface area contributed by atoms with Gasteiger partial charge in [-0.1, -0.05) is 90.1 Å². The fourth-order valence-electron chi connectivity index (χ4n) is 3.50. The highest BCUT2D eigenvalue weighted by Gasteiger charge is 2.18. The van der Waals surface area contributed by atoms with Gasteiger partial charge in [-0.2, -0.15) is 0 Å². The highest BCUT2D eigenvalue weighted by molar-refractivity contribution is 7.99. The standard InChI is InChI=1S/C26H21N3OS/c1-18-12-14-21(15-13-18)31-25-24-27-22(16-19-8-4-2-5-9-19)26(30)29(24)17-23(28-25)20-10-6-3-7-11-20/h2-15,17,30H,16H2,1H3. The van der Waals surface area contributed by atoms with Gasteiger partial charge in [0.1, 0.15) is 10.7 Å². The SMILES string of the molecule is Cc1ccc(Sc2nc(-c3ccccc3)cn3c(O)c(Cc4ccccc4)nc23)cc1. The third-order valence-corrected chi connectivity index (χ3v) is 6.11. The van der Waals surface area contributed by atoms with Crippen molar-refractivity contribution in [1.82, 2.24) is 14.4 Å². The molecule has 4 nitrogen and oxygen atoms in total. The van der Waals surface area contributed by atoms with E-state index in [0.717, 1.165) is 26.7 Å². The van der Waals surface area contributed by atoms with E-state index in [-0.39, 0.29) is 5.88 Å². The third-order valence-electron chi connectivity index (χ3n) is 5.14. The summed E-state index contributed by atoms with van der Waals surface area (Å²) in [4.78, 5) is 10.8. The minimum Gasteiger partial charge on any atom is -0.493 e. The van der Waals surface area contributed by atoms with Gasteiger partial charge in [0, 0.05) is 23.1 Å². The summed E-state index contributed by atoms with van der Waals surface area (Å²) >= 11 is 1.56. The molecular formula is C26H21N3OS.